The zero-order chi connectivity index (χ0) is 20.8. The van der Waals surface area contributed by atoms with Crippen LogP contribution in [0.2, 0.25) is 0 Å². The highest BCUT2D eigenvalue weighted by molar-refractivity contribution is 8.18. The number of carbonyl (C=O) groups excluding carboxylic acids is 4. The van der Waals surface area contributed by atoms with Crippen molar-refractivity contribution in [2.24, 2.45) is 0 Å². The van der Waals surface area contributed by atoms with Gasteiger partial charge >= 0.3 is 5.97 Å². The second-order valence-corrected chi connectivity index (χ2v) is 7.19. The molecule has 2 aliphatic heterocycles. The Morgan fingerprint density at radius 1 is 1.17 bits per heavy atom. The molecule has 9 nitrogen and oxygen atoms in total. The third-order valence-electron chi connectivity index (χ3n) is 4.29. The van der Waals surface area contributed by atoms with E-state index in [0.717, 1.165) is 16.7 Å². The van der Waals surface area contributed by atoms with E-state index in [1.165, 1.54) is 7.11 Å². The van der Waals surface area contributed by atoms with Crippen molar-refractivity contribution in [1.82, 2.24) is 9.80 Å². The molecule has 0 atom stereocenters. The first-order valence-electron chi connectivity index (χ1n) is 8.88. The second-order valence-electron chi connectivity index (χ2n) is 6.19. The maximum Gasteiger partial charge on any atom is 0.343 e. The van der Waals surface area contributed by atoms with Crippen LogP contribution >= 0.6 is 11.8 Å². The summed E-state index contributed by atoms with van der Waals surface area (Å²) in [6.45, 7) is 1.33. The third kappa shape index (κ3) is 5.36. The molecule has 0 bridgehead atoms. The summed E-state index contributed by atoms with van der Waals surface area (Å²) in [7, 11) is 1.27. The number of hydrogen-bond acceptors (Lipinski definition) is 8. The maximum atomic E-state index is 12.6. The number of ether oxygens (including phenoxy) is 3. The number of nitrogens with zero attached hydrogens (tertiary/aromatic N) is 2. The van der Waals surface area contributed by atoms with Crippen LogP contribution < -0.4 is 4.74 Å². The molecule has 0 unspecified atom stereocenters. The second kappa shape index (κ2) is 9.57. The van der Waals surface area contributed by atoms with Crippen LogP contribution in [0.4, 0.5) is 4.79 Å². The van der Waals surface area contributed by atoms with Gasteiger partial charge < -0.3 is 19.1 Å². The summed E-state index contributed by atoms with van der Waals surface area (Å²) in [5.74, 6) is -0.789. The number of esters is 1. The standard InChI is InChI=1S/C19H20N2O7S/c1-26-17(23)12-28-14-4-2-13(3-5-14)10-15-18(24)21(19(25)29-15)11-16(22)20-6-8-27-9-7-20/h2-5,10H,6-9,11-12H2,1H3/b15-10-. The van der Waals surface area contributed by atoms with E-state index in [1.807, 2.05) is 0 Å². The highest BCUT2D eigenvalue weighted by Crippen LogP contribution is 2.32. The van der Waals surface area contributed by atoms with E-state index in [4.69, 9.17) is 9.47 Å². The number of methoxy groups -OCH3 is 1. The Morgan fingerprint density at radius 3 is 2.52 bits per heavy atom. The first-order chi connectivity index (χ1) is 14.0. The van der Waals surface area contributed by atoms with E-state index in [2.05, 4.69) is 4.74 Å². The lowest BCUT2D eigenvalue weighted by Crippen LogP contribution is -2.46. The Bertz CT molecular complexity index is 831. The van der Waals surface area contributed by atoms with Gasteiger partial charge in [0.05, 0.1) is 25.2 Å². The van der Waals surface area contributed by atoms with Gasteiger partial charge in [-0.2, -0.15) is 0 Å². The van der Waals surface area contributed by atoms with Gasteiger partial charge in [0.1, 0.15) is 12.3 Å². The zero-order valence-electron chi connectivity index (χ0n) is 15.8. The number of hydrogen-bond donors (Lipinski definition) is 0. The third-order valence-corrected chi connectivity index (χ3v) is 5.20. The summed E-state index contributed by atoms with van der Waals surface area (Å²) >= 11 is 0.797. The largest absolute Gasteiger partial charge is 0.482 e. The van der Waals surface area contributed by atoms with Gasteiger partial charge in [0.25, 0.3) is 11.1 Å². The molecule has 0 N–H and O–H groups in total. The van der Waals surface area contributed by atoms with Crippen molar-refractivity contribution in [2.45, 2.75) is 0 Å². The normalized spacial score (nSPS) is 18.3. The van der Waals surface area contributed by atoms with Crippen molar-refractivity contribution in [3.05, 3.63) is 34.7 Å². The van der Waals surface area contributed by atoms with Crippen LogP contribution in [0.3, 0.4) is 0 Å². The van der Waals surface area contributed by atoms with Crippen LogP contribution in [0.15, 0.2) is 29.2 Å². The maximum absolute atomic E-state index is 12.6. The molecule has 0 aliphatic carbocycles. The van der Waals surface area contributed by atoms with Gasteiger partial charge in [-0.3, -0.25) is 19.3 Å². The lowest BCUT2D eigenvalue weighted by Gasteiger charge is -2.28. The average Bonchev–Trinajstić information content (AvgIpc) is 3.00. The molecule has 10 heteroatoms. The van der Waals surface area contributed by atoms with Crippen molar-refractivity contribution in [1.29, 1.82) is 0 Å². The molecule has 1 aromatic carbocycles. The number of rotatable bonds is 6. The van der Waals surface area contributed by atoms with Crippen LogP contribution in [0.25, 0.3) is 6.08 Å². The predicted molar refractivity (Wildman–Crippen MR) is 104 cm³/mol. The van der Waals surface area contributed by atoms with Crippen LogP contribution in [0.5, 0.6) is 5.75 Å². The first kappa shape index (κ1) is 20.9. The summed E-state index contributed by atoms with van der Waals surface area (Å²) in [5.41, 5.74) is 0.681. The van der Waals surface area contributed by atoms with E-state index in [0.29, 0.717) is 37.6 Å². The number of amides is 3. The molecule has 3 amide bonds. The molecule has 2 heterocycles. The fourth-order valence-electron chi connectivity index (χ4n) is 2.70. The minimum Gasteiger partial charge on any atom is -0.482 e. The fraction of sp³-hybridized carbons (Fsp3) is 0.368. The van der Waals surface area contributed by atoms with Gasteiger partial charge in [-0.15, -0.1) is 0 Å². The smallest absolute Gasteiger partial charge is 0.343 e. The monoisotopic (exact) mass is 420 g/mol. The number of benzene rings is 1. The van der Waals surface area contributed by atoms with E-state index in [1.54, 1.807) is 35.2 Å². The lowest BCUT2D eigenvalue weighted by atomic mass is 10.2. The average molecular weight is 420 g/mol. The molecule has 3 rings (SSSR count). The minimum atomic E-state index is -0.493. The molecule has 2 aliphatic rings. The van der Waals surface area contributed by atoms with Gasteiger partial charge in [0, 0.05) is 13.1 Å². The molecular weight excluding hydrogens is 400 g/mol. The van der Waals surface area contributed by atoms with E-state index < -0.39 is 17.1 Å². The zero-order valence-corrected chi connectivity index (χ0v) is 16.6. The molecule has 2 fully saturated rings. The molecule has 29 heavy (non-hydrogen) atoms. The highest BCUT2D eigenvalue weighted by atomic mass is 32.2. The Balaban J connectivity index is 1.61. The van der Waals surface area contributed by atoms with Crippen LogP contribution in [-0.2, 0) is 23.9 Å². The van der Waals surface area contributed by atoms with Crippen molar-refractivity contribution >= 4 is 40.9 Å². The molecular formula is C19H20N2O7S. The van der Waals surface area contributed by atoms with Crippen molar-refractivity contribution in [2.75, 3.05) is 46.6 Å². The number of imide groups is 1. The molecule has 1 aromatic rings. The molecule has 0 aromatic heterocycles. The quantitative estimate of drug-likeness (QED) is 0.499. The Morgan fingerprint density at radius 2 is 1.86 bits per heavy atom. The predicted octanol–water partition coefficient (Wildman–Crippen LogP) is 1.13. The van der Waals surface area contributed by atoms with Gasteiger partial charge in [0.15, 0.2) is 6.61 Å². The Hall–Kier alpha value is -2.85. The molecule has 0 saturated carbocycles. The number of morpholine rings is 1. The highest BCUT2D eigenvalue weighted by Gasteiger charge is 2.37. The summed E-state index contributed by atoms with van der Waals surface area (Å²) in [6, 6.07) is 6.67. The van der Waals surface area contributed by atoms with Crippen molar-refractivity contribution in [3.63, 3.8) is 0 Å². The molecule has 0 spiro atoms. The fourth-order valence-corrected chi connectivity index (χ4v) is 3.54. The van der Waals surface area contributed by atoms with Gasteiger partial charge in [0.2, 0.25) is 5.91 Å². The van der Waals surface area contributed by atoms with Crippen molar-refractivity contribution < 1.29 is 33.4 Å². The Labute approximate surface area is 171 Å². The first-order valence-corrected chi connectivity index (χ1v) is 9.70. The summed E-state index contributed by atoms with van der Waals surface area (Å²) in [6.07, 6.45) is 1.58. The molecule has 0 radical (unpaired) electrons. The number of thioether (sulfide) groups is 1. The van der Waals surface area contributed by atoms with Crippen LogP contribution in [0, 0.1) is 0 Å². The minimum absolute atomic E-state index is 0.202. The Kier molecular flexibility index (Phi) is 6.89. The van der Waals surface area contributed by atoms with E-state index in [9.17, 15) is 19.2 Å². The van der Waals surface area contributed by atoms with Gasteiger partial charge in [-0.25, -0.2) is 4.79 Å². The lowest BCUT2D eigenvalue weighted by molar-refractivity contribution is -0.143. The number of carbonyl (C=O) groups is 4. The van der Waals surface area contributed by atoms with Gasteiger partial charge in [-0.1, -0.05) is 12.1 Å². The summed E-state index contributed by atoms with van der Waals surface area (Å²) in [5, 5.41) is -0.471. The van der Waals surface area contributed by atoms with E-state index >= 15 is 0 Å². The summed E-state index contributed by atoms with van der Waals surface area (Å²) in [4.78, 5) is 51.0. The molecule has 154 valence electrons. The van der Waals surface area contributed by atoms with E-state index in [-0.39, 0.29) is 24.0 Å². The van der Waals surface area contributed by atoms with Crippen LogP contribution in [0.1, 0.15) is 5.56 Å². The van der Waals surface area contributed by atoms with Gasteiger partial charge in [-0.05, 0) is 35.5 Å². The SMILES string of the molecule is COC(=O)COc1ccc(/C=C2\SC(=O)N(CC(=O)N3CCOCC3)C2=O)cc1. The van der Waals surface area contributed by atoms with Crippen LogP contribution in [-0.4, -0.2) is 79.4 Å². The topological polar surface area (TPSA) is 102 Å². The summed E-state index contributed by atoms with van der Waals surface area (Å²) < 4.78 is 15.0. The molecule has 2 saturated heterocycles. The van der Waals surface area contributed by atoms with Crippen molar-refractivity contribution in [3.8, 4) is 5.75 Å².